The molecular formula is C19H21N5O. The third-order valence-corrected chi connectivity index (χ3v) is 5.00. The minimum atomic E-state index is 0.147. The highest BCUT2D eigenvalue weighted by molar-refractivity contribution is 6.09. The van der Waals surface area contributed by atoms with Crippen molar-refractivity contribution >= 4 is 21.9 Å². The van der Waals surface area contributed by atoms with Gasteiger partial charge in [-0.25, -0.2) is 9.97 Å². The number of hydrogen-bond acceptors (Lipinski definition) is 5. The molecule has 4 heterocycles. The molecule has 1 unspecified atom stereocenters. The molecule has 1 atom stereocenters. The fraction of sp³-hybridized carbons (Fsp3) is 0.421. The minimum Gasteiger partial charge on any atom is -0.492 e. The maximum atomic E-state index is 9.13. The van der Waals surface area contributed by atoms with Crippen LogP contribution < -0.4 is 4.74 Å². The van der Waals surface area contributed by atoms with E-state index in [9.17, 15) is 0 Å². The fourth-order valence-electron chi connectivity index (χ4n) is 3.83. The van der Waals surface area contributed by atoms with E-state index in [0.29, 0.717) is 12.3 Å². The fourth-order valence-corrected chi connectivity index (χ4v) is 3.83. The Bertz CT molecular complexity index is 973. The molecular weight excluding hydrogens is 314 g/mol. The topological polar surface area (TPSA) is 77.8 Å². The van der Waals surface area contributed by atoms with Crippen molar-refractivity contribution in [1.29, 1.82) is 5.26 Å². The second-order valence-corrected chi connectivity index (χ2v) is 7.33. The molecule has 128 valence electrons. The van der Waals surface area contributed by atoms with Gasteiger partial charge in [-0.3, -0.25) is 0 Å². The van der Waals surface area contributed by atoms with Gasteiger partial charge in [-0.2, -0.15) is 5.26 Å². The molecule has 4 rings (SSSR count). The van der Waals surface area contributed by atoms with Gasteiger partial charge < -0.3 is 14.6 Å². The van der Waals surface area contributed by atoms with Crippen molar-refractivity contribution in [3.63, 3.8) is 0 Å². The second kappa shape index (κ2) is 6.01. The molecule has 1 aliphatic heterocycles. The van der Waals surface area contributed by atoms with E-state index in [1.54, 1.807) is 18.5 Å². The highest BCUT2D eigenvalue weighted by Crippen LogP contribution is 2.34. The van der Waals surface area contributed by atoms with Crippen LogP contribution in [0, 0.1) is 16.7 Å². The largest absolute Gasteiger partial charge is 0.492 e. The molecule has 3 aromatic rings. The molecule has 0 aromatic carbocycles. The Labute approximate surface area is 146 Å². The van der Waals surface area contributed by atoms with Gasteiger partial charge in [0, 0.05) is 23.5 Å². The predicted molar refractivity (Wildman–Crippen MR) is 96.4 cm³/mol. The number of aromatic nitrogens is 3. The SMILES string of the molecule is CN1CCCC(C)(COc2ccnc3[nH]c4cnc(C#N)cc4c23)C1. The molecule has 25 heavy (non-hydrogen) atoms. The Morgan fingerprint density at radius 1 is 1.44 bits per heavy atom. The Balaban J connectivity index is 1.71. The summed E-state index contributed by atoms with van der Waals surface area (Å²) in [6, 6.07) is 5.79. The van der Waals surface area contributed by atoms with Crippen LogP contribution in [0.4, 0.5) is 0 Å². The lowest BCUT2D eigenvalue weighted by atomic mass is 9.83. The molecule has 0 amide bonds. The van der Waals surface area contributed by atoms with E-state index in [2.05, 4.69) is 39.9 Å². The summed E-state index contributed by atoms with van der Waals surface area (Å²) >= 11 is 0. The zero-order valence-corrected chi connectivity index (χ0v) is 14.5. The number of nitrogens with one attached hydrogen (secondary N) is 1. The van der Waals surface area contributed by atoms with Crippen molar-refractivity contribution in [2.24, 2.45) is 5.41 Å². The average molecular weight is 335 g/mol. The molecule has 3 aromatic heterocycles. The first-order valence-corrected chi connectivity index (χ1v) is 8.56. The first-order chi connectivity index (χ1) is 12.1. The zero-order chi connectivity index (χ0) is 17.4. The van der Waals surface area contributed by atoms with Gasteiger partial charge in [-0.15, -0.1) is 0 Å². The van der Waals surface area contributed by atoms with E-state index in [-0.39, 0.29) is 5.41 Å². The third kappa shape index (κ3) is 2.92. The zero-order valence-electron chi connectivity index (χ0n) is 14.5. The highest BCUT2D eigenvalue weighted by Gasteiger charge is 2.30. The van der Waals surface area contributed by atoms with Gasteiger partial charge >= 0.3 is 0 Å². The number of nitriles is 1. The summed E-state index contributed by atoms with van der Waals surface area (Å²) in [4.78, 5) is 14.1. The number of pyridine rings is 2. The Morgan fingerprint density at radius 2 is 2.32 bits per heavy atom. The Hall–Kier alpha value is -2.65. The molecule has 0 radical (unpaired) electrons. The molecule has 1 N–H and O–H groups in total. The first kappa shape index (κ1) is 15.9. The van der Waals surface area contributed by atoms with Gasteiger partial charge in [0.25, 0.3) is 0 Å². The molecule has 1 saturated heterocycles. The molecule has 0 saturated carbocycles. The number of likely N-dealkylation sites (tertiary alicyclic amines) is 1. The van der Waals surface area contributed by atoms with E-state index in [1.165, 1.54) is 12.8 Å². The van der Waals surface area contributed by atoms with Crippen LogP contribution in [0.2, 0.25) is 0 Å². The summed E-state index contributed by atoms with van der Waals surface area (Å²) in [5.41, 5.74) is 2.16. The van der Waals surface area contributed by atoms with Gasteiger partial charge in [0.15, 0.2) is 0 Å². The van der Waals surface area contributed by atoms with Crippen LogP contribution in [0.5, 0.6) is 5.75 Å². The predicted octanol–water partition coefficient (Wildman–Crippen LogP) is 3.09. The number of hydrogen-bond donors (Lipinski definition) is 1. The molecule has 1 fully saturated rings. The van der Waals surface area contributed by atoms with Crippen molar-refractivity contribution in [3.8, 4) is 11.8 Å². The standard InChI is InChI=1S/C19H21N5O/c1-19(5-3-7-24(2)11-19)12-25-16-4-6-21-18-17(16)14-8-13(9-20)22-10-15(14)23-18/h4,6,8,10H,3,5,7,11-12H2,1-2H3,(H,21,23). The van der Waals surface area contributed by atoms with E-state index in [1.807, 2.05) is 6.07 Å². The number of aromatic amines is 1. The van der Waals surface area contributed by atoms with E-state index in [4.69, 9.17) is 10.00 Å². The quantitative estimate of drug-likeness (QED) is 0.796. The van der Waals surface area contributed by atoms with E-state index >= 15 is 0 Å². The molecule has 1 aliphatic rings. The maximum absolute atomic E-state index is 9.13. The average Bonchev–Trinajstić information content (AvgIpc) is 2.98. The lowest BCUT2D eigenvalue weighted by Gasteiger charge is -2.38. The normalized spacial score (nSPS) is 21.5. The number of fused-ring (bicyclic) bond motifs is 3. The lowest BCUT2D eigenvalue weighted by Crippen LogP contribution is -2.42. The summed E-state index contributed by atoms with van der Waals surface area (Å²) in [6.45, 7) is 5.15. The van der Waals surface area contributed by atoms with Crippen LogP contribution in [0.25, 0.3) is 21.9 Å². The minimum absolute atomic E-state index is 0.147. The molecule has 6 nitrogen and oxygen atoms in total. The van der Waals surface area contributed by atoms with Gasteiger partial charge in [-0.05, 0) is 38.6 Å². The van der Waals surface area contributed by atoms with Crippen LogP contribution in [0.15, 0.2) is 24.5 Å². The highest BCUT2D eigenvalue weighted by atomic mass is 16.5. The van der Waals surface area contributed by atoms with Crippen molar-refractivity contribution in [2.75, 3.05) is 26.7 Å². The van der Waals surface area contributed by atoms with Crippen molar-refractivity contribution < 1.29 is 4.74 Å². The van der Waals surface area contributed by atoms with Gasteiger partial charge in [0.2, 0.25) is 0 Å². The summed E-state index contributed by atoms with van der Waals surface area (Å²) in [6.07, 6.45) is 5.80. The summed E-state index contributed by atoms with van der Waals surface area (Å²) in [5.74, 6) is 0.806. The Morgan fingerprint density at radius 3 is 3.12 bits per heavy atom. The van der Waals surface area contributed by atoms with Crippen LogP contribution in [-0.2, 0) is 0 Å². The van der Waals surface area contributed by atoms with Gasteiger partial charge in [0.05, 0.1) is 23.7 Å². The summed E-state index contributed by atoms with van der Waals surface area (Å²) in [5, 5.41) is 11.0. The van der Waals surface area contributed by atoms with Gasteiger partial charge in [0.1, 0.15) is 23.2 Å². The molecule has 6 heteroatoms. The summed E-state index contributed by atoms with van der Waals surface area (Å²) < 4.78 is 6.26. The smallest absolute Gasteiger partial charge is 0.142 e. The third-order valence-electron chi connectivity index (χ3n) is 5.00. The number of ether oxygens (including phenoxy) is 1. The van der Waals surface area contributed by atoms with E-state index < -0.39 is 0 Å². The van der Waals surface area contributed by atoms with Crippen LogP contribution in [0.1, 0.15) is 25.5 Å². The monoisotopic (exact) mass is 335 g/mol. The Kier molecular flexibility index (Phi) is 3.81. The number of H-pyrrole nitrogens is 1. The van der Waals surface area contributed by atoms with Crippen LogP contribution in [0.3, 0.4) is 0 Å². The molecule has 0 bridgehead atoms. The molecule has 0 aliphatic carbocycles. The van der Waals surface area contributed by atoms with Crippen molar-refractivity contribution in [2.45, 2.75) is 19.8 Å². The number of nitrogens with zero attached hydrogens (tertiary/aromatic N) is 4. The molecule has 0 spiro atoms. The van der Waals surface area contributed by atoms with Crippen molar-refractivity contribution in [1.82, 2.24) is 19.9 Å². The second-order valence-electron chi connectivity index (χ2n) is 7.33. The number of piperidine rings is 1. The number of rotatable bonds is 3. The lowest BCUT2D eigenvalue weighted by molar-refractivity contribution is 0.0708. The first-order valence-electron chi connectivity index (χ1n) is 8.56. The summed E-state index contributed by atoms with van der Waals surface area (Å²) in [7, 11) is 2.16. The van der Waals surface area contributed by atoms with Gasteiger partial charge in [-0.1, -0.05) is 6.92 Å². The van der Waals surface area contributed by atoms with E-state index in [0.717, 1.165) is 40.8 Å². The maximum Gasteiger partial charge on any atom is 0.142 e. The van der Waals surface area contributed by atoms with Crippen LogP contribution in [-0.4, -0.2) is 46.6 Å². The van der Waals surface area contributed by atoms with Crippen molar-refractivity contribution in [3.05, 3.63) is 30.2 Å². The van der Waals surface area contributed by atoms with Crippen LogP contribution >= 0.6 is 0 Å².